The van der Waals surface area contributed by atoms with Gasteiger partial charge in [0.15, 0.2) is 11.0 Å². The van der Waals surface area contributed by atoms with Gasteiger partial charge in [0.25, 0.3) is 0 Å². The largest absolute Gasteiger partial charge is 0.469 e. The van der Waals surface area contributed by atoms with Crippen molar-refractivity contribution in [3.8, 4) is 11.4 Å². The highest BCUT2D eigenvalue weighted by Crippen LogP contribution is 2.26. The number of nitrogens with zero attached hydrogens (tertiary/aromatic N) is 4. The van der Waals surface area contributed by atoms with Gasteiger partial charge in [-0.2, -0.15) is 0 Å². The summed E-state index contributed by atoms with van der Waals surface area (Å²) in [7, 11) is 1.92. The van der Waals surface area contributed by atoms with E-state index in [9.17, 15) is 4.79 Å². The normalized spacial score (nSPS) is 15.7. The Hall–Kier alpha value is -1.76. The average molecular weight is 334 g/mol. The lowest BCUT2D eigenvalue weighted by atomic mass is 10.2. The molecule has 124 valence electrons. The van der Waals surface area contributed by atoms with Gasteiger partial charge in [0.2, 0.25) is 5.91 Å². The minimum Gasteiger partial charge on any atom is -0.469 e. The Kier molecular flexibility index (Phi) is 5.05. The maximum Gasteiger partial charge on any atom is 0.233 e. The van der Waals surface area contributed by atoms with Crippen molar-refractivity contribution in [2.45, 2.75) is 37.8 Å². The van der Waals surface area contributed by atoms with E-state index in [0.717, 1.165) is 48.2 Å². The fourth-order valence-corrected chi connectivity index (χ4v) is 3.64. The Labute approximate surface area is 140 Å². The molecule has 1 amide bonds. The van der Waals surface area contributed by atoms with E-state index in [1.807, 2.05) is 29.5 Å². The van der Waals surface area contributed by atoms with Crippen molar-refractivity contribution in [1.82, 2.24) is 19.7 Å². The third-order valence-corrected chi connectivity index (χ3v) is 5.22. The van der Waals surface area contributed by atoms with Crippen LogP contribution in [0.1, 0.15) is 31.4 Å². The number of likely N-dealkylation sites (tertiary alicyclic amines) is 1. The van der Waals surface area contributed by atoms with Gasteiger partial charge < -0.3 is 13.9 Å². The summed E-state index contributed by atoms with van der Waals surface area (Å²) in [5, 5.41) is 9.20. The molecular formula is C16H22N4O2S. The fraction of sp³-hybridized carbons (Fsp3) is 0.562. The number of hydrogen-bond donors (Lipinski definition) is 0. The van der Waals surface area contributed by atoms with Crippen LogP contribution in [0.4, 0.5) is 0 Å². The molecular weight excluding hydrogens is 312 g/mol. The lowest BCUT2D eigenvalue weighted by molar-refractivity contribution is -0.128. The van der Waals surface area contributed by atoms with Crippen LogP contribution in [0.5, 0.6) is 0 Å². The number of rotatable bonds is 4. The van der Waals surface area contributed by atoms with E-state index < -0.39 is 0 Å². The Morgan fingerprint density at radius 3 is 2.65 bits per heavy atom. The molecule has 23 heavy (non-hydrogen) atoms. The van der Waals surface area contributed by atoms with Crippen LogP contribution in [0.15, 0.2) is 21.9 Å². The number of thioether (sulfide) groups is 1. The summed E-state index contributed by atoms with van der Waals surface area (Å²) >= 11 is 1.45. The second kappa shape index (κ2) is 7.21. The molecule has 3 rings (SSSR count). The second-order valence-corrected chi connectivity index (χ2v) is 6.78. The van der Waals surface area contributed by atoms with Gasteiger partial charge in [-0.1, -0.05) is 24.6 Å². The summed E-state index contributed by atoms with van der Waals surface area (Å²) in [4.78, 5) is 14.3. The van der Waals surface area contributed by atoms with E-state index in [2.05, 4.69) is 10.2 Å². The average Bonchev–Trinajstić information content (AvgIpc) is 2.99. The van der Waals surface area contributed by atoms with E-state index >= 15 is 0 Å². The predicted molar refractivity (Wildman–Crippen MR) is 89.2 cm³/mol. The number of hydrogen-bond acceptors (Lipinski definition) is 5. The highest BCUT2D eigenvalue weighted by molar-refractivity contribution is 7.99. The van der Waals surface area contributed by atoms with Crippen LogP contribution in [-0.2, 0) is 11.8 Å². The highest BCUT2D eigenvalue weighted by atomic mass is 32.2. The molecule has 0 saturated carbocycles. The Bertz CT molecular complexity index is 671. The van der Waals surface area contributed by atoms with Crippen molar-refractivity contribution in [2.75, 3.05) is 18.8 Å². The summed E-state index contributed by atoms with van der Waals surface area (Å²) < 4.78 is 7.24. The van der Waals surface area contributed by atoms with E-state index in [1.54, 1.807) is 6.26 Å². The summed E-state index contributed by atoms with van der Waals surface area (Å²) in [5.74, 6) is 2.19. The molecule has 1 aliphatic rings. The van der Waals surface area contributed by atoms with E-state index in [1.165, 1.54) is 24.6 Å². The fourth-order valence-electron chi connectivity index (χ4n) is 2.83. The molecule has 0 bridgehead atoms. The second-order valence-electron chi connectivity index (χ2n) is 5.84. The highest BCUT2D eigenvalue weighted by Gasteiger charge is 2.19. The van der Waals surface area contributed by atoms with Crippen LogP contribution in [-0.4, -0.2) is 44.4 Å². The molecule has 3 heterocycles. The molecule has 0 aliphatic carbocycles. The molecule has 2 aromatic rings. The quantitative estimate of drug-likeness (QED) is 0.805. The minimum atomic E-state index is 0.195. The first-order valence-electron chi connectivity index (χ1n) is 8.01. The smallest absolute Gasteiger partial charge is 0.233 e. The monoisotopic (exact) mass is 334 g/mol. The van der Waals surface area contributed by atoms with E-state index in [0.29, 0.717) is 5.75 Å². The molecule has 0 unspecified atom stereocenters. The third-order valence-electron chi connectivity index (χ3n) is 4.22. The van der Waals surface area contributed by atoms with Crippen molar-refractivity contribution in [2.24, 2.45) is 7.05 Å². The maximum atomic E-state index is 12.4. The number of amides is 1. The maximum absolute atomic E-state index is 12.4. The van der Waals surface area contributed by atoms with E-state index in [4.69, 9.17) is 4.42 Å². The first-order chi connectivity index (χ1) is 11.2. The molecule has 0 radical (unpaired) electrons. The molecule has 0 N–H and O–H groups in total. The zero-order valence-electron chi connectivity index (χ0n) is 13.6. The van der Waals surface area contributed by atoms with Gasteiger partial charge in [0.1, 0.15) is 5.76 Å². The van der Waals surface area contributed by atoms with Gasteiger partial charge >= 0.3 is 0 Å². The molecule has 7 heteroatoms. The summed E-state index contributed by atoms with van der Waals surface area (Å²) in [5.41, 5.74) is 0.936. The van der Waals surface area contributed by atoms with Crippen molar-refractivity contribution in [3.63, 3.8) is 0 Å². The first-order valence-corrected chi connectivity index (χ1v) is 9.00. The summed E-state index contributed by atoms with van der Waals surface area (Å²) in [6.45, 7) is 3.68. The van der Waals surface area contributed by atoms with Crippen molar-refractivity contribution in [3.05, 3.63) is 18.1 Å². The minimum absolute atomic E-state index is 0.195. The number of furan rings is 1. The zero-order valence-corrected chi connectivity index (χ0v) is 14.4. The Morgan fingerprint density at radius 2 is 2.00 bits per heavy atom. The number of aromatic nitrogens is 3. The molecule has 2 aromatic heterocycles. The lowest BCUT2D eigenvalue weighted by Crippen LogP contribution is -2.33. The molecule has 1 fully saturated rings. The van der Waals surface area contributed by atoms with Gasteiger partial charge in [-0.25, -0.2) is 0 Å². The van der Waals surface area contributed by atoms with E-state index in [-0.39, 0.29) is 5.91 Å². The number of carbonyl (C=O) groups excluding carboxylic acids is 1. The molecule has 0 aromatic carbocycles. The van der Waals surface area contributed by atoms with Crippen molar-refractivity contribution >= 4 is 17.7 Å². The summed E-state index contributed by atoms with van der Waals surface area (Å²) in [6.07, 6.45) is 6.34. The Balaban J connectivity index is 1.64. The van der Waals surface area contributed by atoms with Gasteiger partial charge in [-0.3, -0.25) is 4.79 Å². The van der Waals surface area contributed by atoms with Crippen LogP contribution in [0, 0.1) is 6.92 Å². The van der Waals surface area contributed by atoms with Crippen LogP contribution in [0.25, 0.3) is 11.4 Å². The van der Waals surface area contributed by atoms with Gasteiger partial charge in [-0.15, -0.1) is 10.2 Å². The standard InChI is InChI=1S/C16H22N4O2S/c1-12-13(7-10-22-12)15-17-18-16(19(15)2)23-11-14(21)20-8-5-3-4-6-9-20/h7,10H,3-6,8-9,11H2,1-2H3. The van der Waals surface area contributed by atoms with Crippen molar-refractivity contribution in [1.29, 1.82) is 0 Å². The van der Waals surface area contributed by atoms with Crippen LogP contribution < -0.4 is 0 Å². The van der Waals surface area contributed by atoms with Gasteiger partial charge in [-0.05, 0) is 25.8 Å². The van der Waals surface area contributed by atoms with Gasteiger partial charge in [0, 0.05) is 20.1 Å². The summed E-state index contributed by atoms with van der Waals surface area (Å²) in [6, 6.07) is 1.89. The van der Waals surface area contributed by atoms with Gasteiger partial charge in [0.05, 0.1) is 17.6 Å². The lowest BCUT2D eigenvalue weighted by Gasteiger charge is -2.19. The third kappa shape index (κ3) is 3.60. The SMILES string of the molecule is Cc1occc1-c1nnc(SCC(=O)N2CCCCCC2)n1C. The van der Waals surface area contributed by atoms with Crippen LogP contribution in [0.2, 0.25) is 0 Å². The van der Waals surface area contributed by atoms with Crippen molar-refractivity contribution < 1.29 is 9.21 Å². The molecule has 1 saturated heterocycles. The molecule has 6 nitrogen and oxygen atoms in total. The number of aryl methyl sites for hydroxylation is 1. The first kappa shape index (κ1) is 16.1. The zero-order chi connectivity index (χ0) is 16.2. The number of carbonyl (C=O) groups is 1. The molecule has 0 atom stereocenters. The predicted octanol–water partition coefficient (Wildman–Crippen LogP) is 2.88. The molecule has 0 spiro atoms. The Morgan fingerprint density at radius 1 is 1.26 bits per heavy atom. The topological polar surface area (TPSA) is 64.2 Å². The van der Waals surface area contributed by atoms with Crippen LogP contribution in [0.3, 0.4) is 0 Å². The molecule has 1 aliphatic heterocycles. The van der Waals surface area contributed by atoms with Crippen LogP contribution >= 0.6 is 11.8 Å².